The summed E-state index contributed by atoms with van der Waals surface area (Å²) in [4.78, 5) is 11.1. The molecule has 6 heteroatoms. The Bertz CT molecular complexity index is 1110. The number of anilines is 2. The molecule has 2 aromatic heterocycles. The molecular weight excluding hydrogens is 365 g/mol. The van der Waals surface area contributed by atoms with Crippen molar-refractivity contribution in [3.8, 4) is 0 Å². The van der Waals surface area contributed by atoms with Gasteiger partial charge in [0, 0.05) is 49.3 Å². The van der Waals surface area contributed by atoms with Crippen LogP contribution in [0.15, 0.2) is 67.0 Å². The van der Waals surface area contributed by atoms with Crippen LogP contribution < -0.4 is 10.6 Å². The van der Waals surface area contributed by atoms with E-state index in [1.807, 2.05) is 30.5 Å². The fourth-order valence-corrected chi connectivity index (χ4v) is 3.39. The zero-order chi connectivity index (χ0) is 20.1. The Labute approximate surface area is 169 Å². The van der Waals surface area contributed by atoms with E-state index in [0.29, 0.717) is 0 Å². The Kier molecular flexibility index (Phi) is 5.81. The first-order valence-corrected chi connectivity index (χ1v) is 9.75. The van der Waals surface area contributed by atoms with Crippen molar-refractivity contribution in [2.24, 2.45) is 0 Å². The number of nitrogens with one attached hydrogen (secondary N) is 2. The van der Waals surface area contributed by atoms with Crippen LogP contribution in [0.5, 0.6) is 0 Å². The second kappa shape index (κ2) is 8.84. The maximum atomic E-state index is 13.4. The summed E-state index contributed by atoms with van der Waals surface area (Å²) in [6.45, 7) is 3.32. The molecule has 0 radical (unpaired) electrons. The maximum Gasteiger partial charge on any atom is 0.133 e. The number of benzene rings is 2. The van der Waals surface area contributed by atoms with E-state index in [9.17, 15) is 4.39 Å². The smallest absolute Gasteiger partial charge is 0.133 e. The lowest BCUT2D eigenvalue weighted by Crippen LogP contribution is -2.30. The van der Waals surface area contributed by atoms with E-state index in [-0.39, 0.29) is 5.82 Å². The number of hydrogen-bond donors (Lipinski definition) is 2. The van der Waals surface area contributed by atoms with Gasteiger partial charge in [0.05, 0.1) is 0 Å². The molecule has 0 unspecified atom stereocenters. The van der Waals surface area contributed by atoms with Crippen LogP contribution in [0, 0.1) is 5.82 Å². The average Bonchev–Trinajstić information content (AvgIpc) is 2.74. The van der Waals surface area contributed by atoms with Crippen molar-refractivity contribution < 1.29 is 4.39 Å². The Morgan fingerprint density at radius 2 is 1.41 bits per heavy atom. The van der Waals surface area contributed by atoms with Crippen molar-refractivity contribution >= 4 is 33.2 Å². The van der Waals surface area contributed by atoms with Crippen molar-refractivity contribution in [2.75, 3.05) is 43.9 Å². The van der Waals surface area contributed by atoms with Gasteiger partial charge in [0.25, 0.3) is 0 Å². The van der Waals surface area contributed by atoms with Crippen LogP contribution >= 0.6 is 0 Å². The summed E-state index contributed by atoms with van der Waals surface area (Å²) in [7, 11) is 2.09. The summed E-state index contributed by atoms with van der Waals surface area (Å²) in [5.41, 5.74) is 0. The van der Waals surface area contributed by atoms with Gasteiger partial charge in [-0.3, -0.25) is 0 Å². The molecule has 2 aromatic carbocycles. The number of fused-ring (bicyclic) bond motifs is 2. The quantitative estimate of drug-likeness (QED) is 0.468. The number of pyridine rings is 2. The summed E-state index contributed by atoms with van der Waals surface area (Å²) < 4.78 is 13.4. The number of nitrogens with zero attached hydrogens (tertiary/aromatic N) is 3. The van der Waals surface area contributed by atoms with Crippen molar-refractivity contribution in [3.05, 3.63) is 72.8 Å². The molecule has 0 aliphatic rings. The second-order valence-electron chi connectivity index (χ2n) is 7.06. The van der Waals surface area contributed by atoms with Crippen LogP contribution in [-0.4, -0.2) is 48.1 Å². The number of aromatic nitrogens is 2. The Balaban J connectivity index is 1.27. The minimum Gasteiger partial charge on any atom is -0.368 e. The van der Waals surface area contributed by atoms with Crippen LogP contribution in [0.1, 0.15) is 0 Å². The minimum atomic E-state index is -0.234. The molecule has 0 saturated carbocycles. The molecule has 4 aromatic rings. The predicted octanol–water partition coefficient (Wildman–Crippen LogP) is 4.38. The third-order valence-corrected chi connectivity index (χ3v) is 4.97. The lowest BCUT2D eigenvalue weighted by atomic mass is 10.1. The molecule has 0 saturated heterocycles. The molecule has 4 rings (SSSR count). The van der Waals surface area contributed by atoms with Crippen molar-refractivity contribution in [1.82, 2.24) is 14.9 Å². The summed E-state index contributed by atoms with van der Waals surface area (Å²) >= 11 is 0. The van der Waals surface area contributed by atoms with Crippen LogP contribution in [-0.2, 0) is 0 Å². The number of halogens is 1. The van der Waals surface area contributed by atoms with Gasteiger partial charge < -0.3 is 15.5 Å². The standard InChI is InChI=1S/C23H24FN5/c1-29(14-12-27-22-20-5-3-2-4-17(20)8-10-25-22)15-13-28-23-21-7-6-19(24)16-18(21)9-11-26-23/h2-11,16H,12-15H2,1H3,(H,25,27)(H,26,28). The van der Waals surface area contributed by atoms with Crippen molar-refractivity contribution in [3.63, 3.8) is 0 Å². The molecule has 0 atom stereocenters. The molecule has 0 aliphatic carbocycles. The van der Waals surface area contributed by atoms with Gasteiger partial charge in [-0.25, -0.2) is 14.4 Å². The monoisotopic (exact) mass is 389 g/mol. The third kappa shape index (κ3) is 4.60. The zero-order valence-corrected chi connectivity index (χ0v) is 16.4. The van der Waals surface area contributed by atoms with Crippen molar-refractivity contribution in [2.45, 2.75) is 0 Å². The third-order valence-electron chi connectivity index (χ3n) is 4.97. The summed E-state index contributed by atoms with van der Waals surface area (Å²) in [5.74, 6) is 1.47. The van der Waals surface area contributed by atoms with Crippen LogP contribution in [0.3, 0.4) is 0 Å². The Morgan fingerprint density at radius 1 is 0.793 bits per heavy atom. The highest BCUT2D eigenvalue weighted by Gasteiger charge is 2.05. The van der Waals surface area contributed by atoms with Crippen molar-refractivity contribution in [1.29, 1.82) is 0 Å². The zero-order valence-electron chi connectivity index (χ0n) is 16.4. The van der Waals surface area contributed by atoms with Gasteiger partial charge in [0.2, 0.25) is 0 Å². The van der Waals surface area contributed by atoms with Gasteiger partial charge in [0.1, 0.15) is 17.5 Å². The summed E-state index contributed by atoms with van der Waals surface area (Å²) in [6, 6.07) is 16.9. The van der Waals surface area contributed by atoms with E-state index in [1.165, 1.54) is 17.5 Å². The molecule has 0 fully saturated rings. The average molecular weight is 389 g/mol. The Morgan fingerprint density at radius 3 is 2.14 bits per heavy atom. The van der Waals surface area contributed by atoms with Gasteiger partial charge >= 0.3 is 0 Å². The lowest BCUT2D eigenvalue weighted by Gasteiger charge is -2.18. The van der Waals surface area contributed by atoms with E-state index in [0.717, 1.165) is 54.0 Å². The van der Waals surface area contributed by atoms with E-state index in [4.69, 9.17) is 0 Å². The molecule has 29 heavy (non-hydrogen) atoms. The van der Waals surface area contributed by atoms with E-state index >= 15 is 0 Å². The molecule has 0 amide bonds. The first-order valence-electron chi connectivity index (χ1n) is 9.75. The summed E-state index contributed by atoms with van der Waals surface area (Å²) in [5, 5.41) is 10.9. The van der Waals surface area contributed by atoms with Crippen LogP contribution in [0.4, 0.5) is 16.0 Å². The summed E-state index contributed by atoms with van der Waals surface area (Å²) in [6.07, 6.45) is 3.54. The highest BCUT2D eigenvalue weighted by molar-refractivity contribution is 5.92. The number of hydrogen-bond acceptors (Lipinski definition) is 5. The largest absolute Gasteiger partial charge is 0.368 e. The normalized spacial score (nSPS) is 11.3. The molecule has 0 bridgehead atoms. The maximum absolute atomic E-state index is 13.4. The van der Waals surface area contributed by atoms with Crippen LogP contribution in [0.25, 0.3) is 21.5 Å². The first kappa shape index (κ1) is 19.1. The molecule has 5 nitrogen and oxygen atoms in total. The lowest BCUT2D eigenvalue weighted by molar-refractivity contribution is 0.360. The molecule has 0 aliphatic heterocycles. The minimum absolute atomic E-state index is 0.234. The van der Waals surface area contributed by atoms with E-state index in [1.54, 1.807) is 12.3 Å². The number of likely N-dealkylation sites (N-methyl/N-ethyl adjacent to an activating group) is 1. The van der Waals surface area contributed by atoms with Gasteiger partial charge in [-0.05, 0) is 48.2 Å². The second-order valence-corrected chi connectivity index (χ2v) is 7.06. The predicted molar refractivity (Wildman–Crippen MR) is 118 cm³/mol. The van der Waals surface area contributed by atoms with Gasteiger partial charge in [-0.15, -0.1) is 0 Å². The molecule has 2 N–H and O–H groups in total. The van der Waals surface area contributed by atoms with Gasteiger partial charge in [-0.2, -0.15) is 0 Å². The molecule has 0 spiro atoms. The van der Waals surface area contributed by atoms with Gasteiger partial charge in [0.15, 0.2) is 0 Å². The topological polar surface area (TPSA) is 53.1 Å². The van der Waals surface area contributed by atoms with Gasteiger partial charge in [-0.1, -0.05) is 24.3 Å². The van der Waals surface area contributed by atoms with E-state index < -0.39 is 0 Å². The molecular formula is C23H24FN5. The molecule has 2 heterocycles. The SMILES string of the molecule is CN(CCNc1nccc2ccccc12)CCNc1nccc2cc(F)ccc12. The molecule has 148 valence electrons. The number of rotatable bonds is 8. The fraction of sp³-hybridized carbons (Fsp3) is 0.217. The van der Waals surface area contributed by atoms with E-state index in [2.05, 4.69) is 44.7 Å². The highest BCUT2D eigenvalue weighted by Crippen LogP contribution is 2.22. The fourth-order valence-electron chi connectivity index (χ4n) is 3.39. The van der Waals surface area contributed by atoms with Crippen LogP contribution in [0.2, 0.25) is 0 Å². The first-order chi connectivity index (χ1) is 14.2. The highest BCUT2D eigenvalue weighted by atomic mass is 19.1. The Hall–Kier alpha value is -3.25.